The van der Waals surface area contributed by atoms with Gasteiger partial charge in [0.15, 0.2) is 0 Å². The molecule has 2 N–H and O–H groups in total. The van der Waals surface area contributed by atoms with Crippen LogP contribution in [0.1, 0.15) is 44.1 Å². The first-order chi connectivity index (χ1) is 10.2. The van der Waals surface area contributed by atoms with E-state index in [1.54, 1.807) is 6.07 Å². The number of fused-ring (bicyclic) bond motifs is 1. The van der Waals surface area contributed by atoms with Crippen LogP contribution >= 0.6 is 0 Å². The van der Waals surface area contributed by atoms with Crippen molar-refractivity contribution >= 4 is 15.7 Å². The quantitative estimate of drug-likeness (QED) is 0.879. The van der Waals surface area contributed by atoms with E-state index in [1.165, 1.54) is 25.7 Å². The summed E-state index contributed by atoms with van der Waals surface area (Å²) in [6, 6.07) is 5.51. The van der Waals surface area contributed by atoms with Crippen LogP contribution in [0.25, 0.3) is 0 Å². The molecule has 4 nitrogen and oxygen atoms in total. The van der Waals surface area contributed by atoms with Gasteiger partial charge >= 0.3 is 0 Å². The molecule has 1 aliphatic carbocycles. The number of sulfonamides is 1. The Morgan fingerprint density at radius 1 is 1.19 bits per heavy atom. The van der Waals surface area contributed by atoms with Gasteiger partial charge in [-0.15, -0.1) is 0 Å². The summed E-state index contributed by atoms with van der Waals surface area (Å²) in [6.45, 7) is 1.48. The Morgan fingerprint density at radius 3 is 2.81 bits per heavy atom. The lowest BCUT2D eigenvalue weighted by molar-refractivity contribution is 0.495. The Labute approximate surface area is 127 Å². The molecular formula is C16H24N2O2S. The van der Waals surface area contributed by atoms with Crippen molar-refractivity contribution in [2.75, 3.05) is 18.4 Å². The molecule has 0 radical (unpaired) electrons. The van der Waals surface area contributed by atoms with Crippen LogP contribution in [0, 0.1) is 5.92 Å². The van der Waals surface area contributed by atoms with Crippen LogP contribution in [0.3, 0.4) is 0 Å². The third-order valence-corrected chi connectivity index (χ3v) is 6.21. The lowest BCUT2D eigenvalue weighted by atomic mass is 10.0. The SMILES string of the molecule is O=S(=O)(NCCC1CCCC1)c1cccc2c1CCCN2. The van der Waals surface area contributed by atoms with Crippen molar-refractivity contribution in [1.29, 1.82) is 0 Å². The van der Waals surface area contributed by atoms with Crippen LogP contribution in [0.5, 0.6) is 0 Å². The highest BCUT2D eigenvalue weighted by atomic mass is 32.2. The van der Waals surface area contributed by atoms with E-state index >= 15 is 0 Å². The number of nitrogens with one attached hydrogen (secondary N) is 2. The van der Waals surface area contributed by atoms with E-state index < -0.39 is 10.0 Å². The van der Waals surface area contributed by atoms with Crippen LogP contribution in [0.4, 0.5) is 5.69 Å². The zero-order chi connectivity index (χ0) is 14.7. The largest absolute Gasteiger partial charge is 0.385 e. The smallest absolute Gasteiger partial charge is 0.240 e. The van der Waals surface area contributed by atoms with Crippen molar-refractivity contribution in [3.63, 3.8) is 0 Å². The highest BCUT2D eigenvalue weighted by Crippen LogP contribution is 2.29. The number of hydrogen-bond donors (Lipinski definition) is 2. The third kappa shape index (κ3) is 3.40. The molecule has 2 aliphatic rings. The molecule has 3 rings (SSSR count). The van der Waals surface area contributed by atoms with Crippen molar-refractivity contribution in [1.82, 2.24) is 4.72 Å². The lowest BCUT2D eigenvalue weighted by Crippen LogP contribution is -2.28. The summed E-state index contributed by atoms with van der Waals surface area (Å²) in [6.07, 6.45) is 7.90. The molecule has 1 heterocycles. The summed E-state index contributed by atoms with van der Waals surface area (Å²) in [7, 11) is -3.38. The minimum atomic E-state index is -3.38. The first kappa shape index (κ1) is 14.9. The van der Waals surface area contributed by atoms with Crippen LogP contribution < -0.4 is 10.0 Å². The molecule has 1 saturated carbocycles. The van der Waals surface area contributed by atoms with E-state index in [4.69, 9.17) is 0 Å². The molecule has 0 aromatic heterocycles. The van der Waals surface area contributed by atoms with Gasteiger partial charge in [0, 0.05) is 18.8 Å². The normalized spacial score (nSPS) is 19.2. The average Bonchev–Trinajstić information content (AvgIpc) is 3.00. The highest BCUT2D eigenvalue weighted by molar-refractivity contribution is 7.89. The molecule has 116 valence electrons. The van der Waals surface area contributed by atoms with Gasteiger partial charge < -0.3 is 5.32 Å². The zero-order valence-corrected chi connectivity index (χ0v) is 13.2. The Kier molecular flexibility index (Phi) is 4.50. The topological polar surface area (TPSA) is 58.2 Å². The molecule has 0 atom stereocenters. The van der Waals surface area contributed by atoms with Crippen LogP contribution in [-0.4, -0.2) is 21.5 Å². The fraction of sp³-hybridized carbons (Fsp3) is 0.625. The minimum Gasteiger partial charge on any atom is -0.385 e. The van der Waals surface area contributed by atoms with Gasteiger partial charge in [-0.25, -0.2) is 13.1 Å². The maximum absolute atomic E-state index is 12.5. The first-order valence-corrected chi connectivity index (χ1v) is 9.50. The molecule has 5 heteroatoms. The van der Waals surface area contributed by atoms with Crippen LogP contribution in [0.15, 0.2) is 23.1 Å². The molecule has 0 bridgehead atoms. The predicted molar refractivity (Wildman–Crippen MR) is 85.0 cm³/mol. The average molecular weight is 308 g/mol. The summed E-state index contributed by atoms with van der Waals surface area (Å²) < 4.78 is 27.9. The van der Waals surface area contributed by atoms with Crippen molar-refractivity contribution in [2.45, 2.75) is 49.8 Å². The number of rotatable bonds is 5. The van der Waals surface area contributed by atoms with Gasteiger partial charge in [-0.3, -0.25) is 0 Å². The predicted octanol–water partition coefficient (Wildman–Crippen LogP) is 2.90. The molecule has 1 aliphatic heterocycles. The van der Waals surface area contributed by atoms with Gasteiger partial charge in [0.05, 0.1) is 4.90 Å². The fourth-order valence-corrected chi connectivity index (χ4v) is 4.84. The number of benzene rings is 1. The molecule has 1 aromatic carbocycles. The van der Waals surface area contributed by atoms with Gasteiger partial charge in [-0.2, -0.15) is 0 Å². The monoisotopic (exact) mass is 308 g/mol. The Balaban J connectivity index is 1.69. The summed E-state index contributed by atoms with van der Waals surface area (Å²) in [4.78, 5) is 0.457. The maximum atomic E-state index is 12.5. The highest BCUT2D eigenvalue weighted by Gasteiger charge is 2.22. The van der Waals surface area contributed by atoms with E-state index in [0.717, 1.165) is 37.1 Å². The second kappa shape index (κ2) is 6.36. The van der Waals surface area contributed by atoms with Crippen LogP contribution in [0.2, 0.25) is 0 Å². The molecule has 0 saturated heterocycles. The Morgan fingerprint density at radius 2 is 2.00 bits per heavy atom. The van der Waals surface area contributed by atoms with Gasteiger partial charge in [0.2, 0.25) is 10.0 Å². The fourth-order valence-electron chi connectivity index (χ4n) is 3.50. The molecule has 1 fully saturated rings. The molecule has 0 unspecified atom stereocenters. The van der Waals surface area contributed by atoms with Gasteiger partial charge in [0.25, 0.3) is 0 Å². The standard InChI is InChI=1S/C16H24N2O2S/c19-21(20,18-12-10-13-5-1-2-6-13)16-9-3-8-15-14(16)7-4-11-17-15/h3,8-9,13,17-18H,1-2,4-7,10-12H2. The minimum absolute atomic E-state index is 0.457. The summed E-state index contributed by atoms with van der Waals surface area (Å²) in [5.74, 6) is 0.707. The summed E-state index contributed by atoms with van der Waals surface area (Å²) in [5.41, 5.74) is 1.91. The molecule has 0 amide bonds. The molecule has 21 heavy (non-hydrogen) atoms. The van der Waals surface area contributed by atoms with E-state index in [0.29, 0.717) is 17.4 Å². The van der Waals surface area contributed by atoms with E-state index in [9.17, 15) is 8.42 Å². The Bertz CT molecular complexity index is 592. The van der Waals surface area contributed by atoms with Crippen molar-refractivity contribution in [3.8, 4) is 0 Å². The van der Waals surface area contributed by atoms with Gasteiger partial charge in [0.1, 0.15) is 0 Å². The lowest BCUT2D eigenvalue weighted by Gasteiger charge is -2.21. The zero-order valence-electron chi connectivity index (χ0n) is 12.4. The first-order valence-electron chi connectivity index (χ1n) is 8.02. The summed E-state index contributed by atoms with van der Waals surface area (Å²) in [5, 5.41) is 3.28. The molecule has 1 aromatic rings. The maximum Gasteiger partial charge on any atom is 0.240 e. The number of anilines is 1. The third-order valence-electron chi connectivity index (χ3n) is 4.66. The van der Waals surface area contributed by atoms with Crippen LogP contribution in [-0.2, 0) is 16.4 Å². The van der Waals surface area contributed by atoms with Gasteiger partial charge in [-0.05, 0) is 42.9 Å². The van der Waals surface area contributed by atoms with Gasteiger partial charge in [-0.1, -0.05) is 31.7 Å². The summed E-state index contributed by atoms with van der Waals surface area (Å²) >= 11 is 0. The van der Waals surface area contributed by atoms with Crippen molar-refractivity contribution in [2.24, 2.45) is 5.92 Å². The van der Waals surface area contributed by atoms with E-state index in [2.05, 4.69) is 10.0 Å². The molecule has 0 spiro atoms. The second-order valence-electron chi connectivity index (χ2n) is 6.15. The molecular weight excluding hydrogens is 284 g/mol. The van der Waals surface area contributed by atoms with E-state index in [1.807, 2.05) is 12.1 Å². The second-order valence-corrected chi connectivity index (χ2v) is 7.88. The van der Waals surface area contributed by atoms with E-state index in [-0.39, 0.29) is 0 Å². The van der Waals surface area contributed by atoms with Crippen molar-refractivity contribution in [3.05, 3.63) is 23.8 Å². The Hall–Kier alpha value is -1.07. The van der Waals surface area contributed by atoms with Crippen molar-refractivity contribution < 1.29 is 8.42 Å². The number of hydrogen-bond acceptors (Lipinski definition) is 3.